The second-order valence-electron chi connectivity index (χ2n) is 5.93. The van der Waals surface area contributed by atoms with Gasteiger partial charge in [-0.05, 0) is 60.5 Å². The Bertz CT molecular complexity index is 1080. The molecular weight excluding hydrogens is 320 g/mol. The molecule has 0 amide bonds. The van der Waals surface area contributed by atoms with E-state index in [0.717, 1.165) is 34.0 Å². The van der Waals surface area contributed by atoms with Crippen LogP contribution >= 0.6 is 11.6 Å². The standard InChI is InChI=1S/C20H15ClN2O/c1-13-10-16(17-4-2-3-5-18(17)22-13)12-23-9-8-14-11-15(20(21)24)6-7-19(14)23/h2-11H,12H2,1H3. The molecule has 0 spiro atoms. The lowest BCUT2D eigenvalue weighted by Crippen LogP contribution is -2.00. The Morgan fingerprint density at radius 3 is 2.79 bits per heavy atom. The number of halogens is 1. The summed E-state index contributed by atoms with van der Waals surface area (Å²) in [4.78, 5) is 15.9. The molecule has 0 aliphatic carbocycles. The number of para-hydroxylation sites is 1. The molecule has 0 unspecified atom stereocenters. The van der Waals surface area contributed by atoms with E-state index >= 15 is 0 Å². The van der Waals surface area contributed by atoms with Gasteiger partial charge in [-0.2, -0.15) is 0 Å². The number of hydrogen-bond acceptors (Lipinski definition) is 2. The van der Waals surface area contributed by atoms with Crippen LogP contribution in [0.15, 0.2) is 60.8 Å². The van der Waals surface area contributed by atoms with Crippen molar-refractivity contribution in [3.8, 4) is 0 Å². The average Bonchev–Trinajstić information content (AvgIpc) is 2.97. The van der Waals surface area contributed by atoms with Crippen LogP contribution in [0, 0.1) is 6.92 Å². The van der Waals surface area contributed by atoms with Crippen molar-refractivity contribution in [2.75, 3.05) is 0 Å². The number of nitrogens with zero attached hydrogens (tertiary/aromatic N) is 2. The maximum Gasteiger partial charge on any atom is 0.252 e. The quantitative estimate of drug-likeness (QED) is 0.498. The van der Waals surface area contributed by atoms with Crippen molar-refractivity contribution in [2.24, 2.45) is 0 Å². The molecule has 0 N–H and O–H groups in total. The molecule has 4 rings (SSSR count). The fraction of sp³-hybridized carbons (Fsp3) is 0.100. The van der Waals surface area contributed by atoms with Gasteiger partial charge in [0, 0.05) is 40.3 Å². The monoisotopic (exact) mass is 334 g/mol. The van der Waals surface area contributed by atoms with Gasteiger partial charge in [-0.1, -0.05) is 18.2 Å². The molecule has 2 heterocycles. The SMILES string of the molecule is Cc1cc(Cn2ccc3cc(C(=O)Cl)ccc32)c2ccccc2n1. The number of benzene rings is 2. The number of aryl methyl sites for hydroxylation is 1. The number of hydrogen-bond donors (Lipinski definition) is 0. The third-order valence-electron chi connectivity index (χ3n) is 4.27. The highest BCUT2D eigenvalue weighted by Gasteiger charge is 2.09. The summed E-state index contributed by atoms with van der Waals surface area (Å²) in [5.41, 5.74) is 4.85. The molecule has 0 aliphatic rings. The van der Waals surface area contributed by atoms with E-state index in [1.165, 1.54) is 5.56 Å². The number of rotatable bonds is 3. The topological polar surface area (TPSA) is 34.9 Å². The van der Waals surface area contributed by atoms with Gasteiger partial charge < -0.3 is 4.57 Å². The summed E-state index contributed by atoms with van der Waals surface area (Å²) in [7, 11) is 0. The first-order valence-corrected chi connectivity index (χ1v) is 8.13. The van der Waals surface area contributed by atoms with E-state index in [1.807, 2.05) is 49.5 Å². The Morgan fingerprint density at radius 2 is 1.96 bits per heavy atom. The van der Waals surface area contributed by atoms with E-state index in [2.05, 4.69) is 21.7 Å². The van der Waals surface area contributed by atoms with Crippen molar-refractivity contribution < 1.29 is 4.79 Å². The third-order valence-corrected chi connectivity index (χ3v) is 4.49. The fourth-order valence-corrected chi connectivity index (χ4v) is 3.29. The lowest BCUT2D eigenvalue weighted by Gasteiger charge is -2.10. The third kappa shape index (κ3) is 2.57. The molecule has 118 valence electrons. The molecule has 24 heavy (non-hydrogen) atoms. The van der Waals surface area contributed by atoms with Gasteiger partial charge in [-0.15, -0.1) is 0 Å². The van der Waals surface area contributed by atoms with Crippen LogP contribution in [-0.4, -0.2) is 14.8 Å². The van der Waals surface area contributed by atoms with E-state index < -0.39 is 5.24 Å². The van der Waals surface area contributed by atoms with Gasteiger partial charge in [-0.25, -0.2) is 0 Å². The maximum atomic E-state index is 11.3. The Kier molecular flexibility index (Phi) is 3.58. The van der Waals surface area contributed by atoms with E-state index in [1.54, 1.807) is 6.07 Å². The molecule has 0 bridgehead atoms. The summed E-state index contributed by atoms with van der Waals surface area (Å²) in [6, 6.07) is 17.9. The first-order valence-electron chi connectivity index (χ1n) is 7.76. The van der Waals surface area contributed by atoms with Gasteiger partial charge in [-0.3, -0.25) is 9.78 Å². The van der Waals surface area contributed by atoms with Crippen molar-refractivity contribution in [1.82, 2.24) is 9.55 Å². The number of aromatic nitrogens is 2. The molecule has 4 heteroatoms. The molecule has 0 radical (unpaired) electrons. The van der Waals surface area contributed by atoms with E-state index in [0.29, 0.717) is 5.56 Å². The largest absolute Gasteiger partial charge is 0.343 e. The van der Waals surface area contributed by atoms with Crippen LogP contribution in [0.4, 0.5) is 0 Å². The molecule has 0 atom stereocenters. The number of carbonyl (C=O) groups excluding carboxylic acids is 1. The van der Waals surface area contributed by atoms with Gasteiger partial charge in [0.2, 0.25) is 0 Å². The highest BCUT2D eigenvalue weighted by molar-refractivity contribution is 6.67. The van der Waals surface area contributed by atoms with E-state index in [9.17, 15) is 4.79 Å². The predicted molar refractivity (Wildman–Crippen MR) is 97.7 cm³/mol. The van der Waals surface area contributed by atoms with Crippen LogP contribution in [0.25, 0.3) is 21.8 Å². The van der Waals surface area contributed by atoms with Gasteiger partial charge in [0.15, 0.2) is 0 Å². The lowest BCUT2D eigenvalue weighted by atomic mass is 10.1. The second kappa shape index (κ2) is 5.77. The van der Waals surface area contributed by atoms with Crippen LogP contribution < -0.4 is 0 Å². The highest BCUT2D eigenvalue weighted by Crippen LogP contribution is 2.23. The molecule has 0 saturated carbocycles. The molecule has 2 aromatic carbocycles. The van der Waals surface area contributed by atoms with Crippen molar-refractivity contribution >= 4 is 38.6 Å². The molecule has 2 aromatic heterocycles. The zero-order valence-electron chi connectivity index (χ0n) is 13.2. The minimum atomic E-state index is -0.430. The number of fused-ring (bicyclic) bond motifs is 2. The van der Waals surface area contributed by atoms with Crippen LogP contribution in [-0.2, 0) is 6.54 Å². The predicted octanol–water partition coefficient (Wildman–Crippen LogP) is 4.93. The zero-order chi connectivity index (χ0) is 16.7. The molecular formula is C20H15ClN2O. The van der Waals surface area contributed by atoms with Crippen LogP contribution in [0.1, 0.15) is 21.6 Å². The molecule has 0 saturated heterocycles. The van der Waals surface area contributed by atoms with Crippen molar-refractivity contribution in [3.63, 3.8) is 0 Å². The summed E-state index contributed by atoms with van der Waals surface area (Å²) in [6.45, 7) is 2.77. The van der Waals surface area contributed by atoms with Crippen molar-refractivity contribution in [2.45, 2.75) is 13.5 Å². The normalized spacial score (nSPS) is 11.2. The number of pyridine rings is 1. The first-order chi connectivity index (χ1) is 11.6. The minimum absolute atomic E-state index is 0.430. The summed E-state index contributed by atoms with van der Waals surface area (Å²) < 4.78 is 2.18. The summed E-state index contributed by atoms with van der Waals surface area (Å²) in [5.74, 6) is 0. The van der Waals surface area contributed by atoms with Gasteiger partial charge >= 0.3 is 0 Å². The lowest BCUT2D eigenvalue weighted by molar-refractivity contribution is 0.108. The van der Waals surface area contributed by atoms with Gasteiger partial charge in [0.25, 0.3) is 5.24 Å². The highest BCUT2D eigenvalue weighted by atomic mass is 35.5. The molecule has 0 aliphatic heterocycles. The molecule has 3 nitrogen and oxygen atoms in total. The summed E-state index contributed by atoms with van der Waals surface area (Å²) in [6.07, 6.45) is 2.04. The Labute approximate surface area is 144 Å². The number of carbonyl (C=O) groups is 1. The van der Waals surface area contributed by atoms with Crippen molar-refractivity contribution in [3.05, 3.63) is 77.6 Å². The Balaban J connectivity index is 1.81. The van der Waals surface area contributed by atoms with Crippen LogP contribution in [0.5, 0.6) is 0 Å². The summed E-state index contributed by atoms with van der Waals surface area (Å²) >= 11 is 5.57. The van der Waals surface area contributed by atoms with Crippen molar-refractivity contribution in [1.29, 1.82) is 0 Å². The average molecular weight is 335 g/mol. The molecule has 0 fully saturated rings. The smallest absolute Gasteiger partial charge is 0.252 e. The fourth-order valence-electron chi connectivity index (χ4n) is 3.17. The summed E-state index contributed by atoms with van der Waals surface area (Å²) in [5, 5.41) is 1.74. The first kappa shape index (κ1) is 14.9. The Morgan fingerprint density at radius 1 is 1.12 bits per heavy atom. The van der Waals surface area contributed by atoms with Crippen LogP contribution in [0.2, 0.25) is 0 Å². The Hall–Kier alpha value is -2.65. The second-order valence-corrected chi connectivity index (χ2v) is 6.27. The van der Waals surface area contributed by atoms with Gasteiger partial charge in [0.1, 0.15) is 0 Å². The van der Waals surface area contributed by atoms with Crippen LogP contribution in [0.3, 0.4) is 0 Å². The minimum Gasteiger partial charge on any atom is -0.343 e. The zero-order valence-corrected chi connectivity index (χ0v) is 13.9. The van der Waals surface area contributed by atoms with E-state index in [4.69, 9.17) is 11.6 Å². The molecule has 4 aromatic rings. The maximum absolute atomic E-state index is 11.3. The van der Waals surface area contributed by atoms with Gasteiger partial charge in [0.05, 0.1) is 5.52 Å². The van der Waals surface area contributed by atoms with E-state index in [-0.39, 0.29) is 0 Å².